The number of hydrogen-bond acceptors (Lipinski definition) is 7. The van der Waals surface area contributed by atoms with E-state index >= 15 is 0 Å². The molecule has 0 fully saturated rings. The van der Waals surface area contributed by atoms with Gasteiger partial charge in [-0.1, -0.05) is 11.3 Å². The standard InChI is InChI=1S/C13H14N6O2S2/c1-7-12(22-3)23-13(16-7)17-9(20)5-19-6-14-10-8(11(19)21)4-15-18(10)2/h4,6H,5H2,1-3H3,(H,16,17,20). The third kappa shape index (κ3) is 2.99. The van der Waals surface area contributed by atoms with E-state index in [9.17, 15) is 9.59 Å². The van der Waals surface area contributed by atoms with Crippen molar-refractivity contribution in [2.45, 2.75) is 17.7 Å². The maximum atomic E-state index is 12.3. The number of carbonyl (C=O) groups excluding carboxylic acids is 1. The summed E-state index contributed by atoms with van der Waals surface area (Å²) in [6, 6.07) is 0. The minimum absolute atomic E-state index is 0.121. The molecule has 3 aromatic rings. The molecule has 0 saturated carbocycles. The second-order valence-electron chi connectivity index (χ2n) is 4.83. The zero-order valence-corrected chi connectivity index (χ0v) is 14.4. The van der Waals surface area contributed by atoms with E-state index in [2.05, 4.69) is 20.4 Å². The highest BCUT2D eigenvalue weighted by Gasteiger charge is 2.13. The highest BCUT2D eigenvalue weighted by Crippen LogP contribution is 2.30. The van der Waals surface area contributed by atoms with E-state index < -0.39 is 0 Å². The number of nitrogens with one attached hydrogen (secondary N) is 1. The van der Waals surface area contributed by atoms with E-state index in [1.54, 1.807) is 18.8 Å². The maximum Gasteiger partial charge on any atom is 0.264 e. The predicted molar refractivity (Wildman–Crippen MR) is 90.0 cm³/mol. The summed E-state index contributed by atoms with van der Waals surface area (Å²) in [6.45, 7) is 1.77. The Kier molecular flexibility index (Phi) is 4.18. The van der Waals surface area contributed by atoms with Crippen LogP contribution in [0.4, 0.5) is 5.13 Å². The van der Waals surface area contributed by atoms with Crippen LogP contribution in [-0.2, 0) is 18.4 Å². The normalized spacial score (nSPS) is 11.1. The van der Waals surface area contributed by atoms with Gasteiger partial charge in [0.1, 0.15) is 18.3 Å². The van der Waals surface area contributed by atoms with Gasteiger partial charge in [0.15, 0.2) is 10.8 Å². The number of aromatic nitrogens is 5. The Morgan fingerprint density at radius 1 is 1.48 bits per heavy atom. The molecule has 120 valence electrons. The Labute approximate surface area is 139 Å². The van der Waals surface area contributed by atoms with E-state index in [0.717, 1.165) is 9.90 Å². The van der Waals surface area contributed by atoms with Gasteiger partial charge in [0.25, 0.3) is 5.56 Å². The van der Waals surface area contributed by atoms with Gasteiger partial charge >= 0.3 is 0 Å². The summed E-state index contributed by atoms with van der Waals surface area (Å²) in [5, 5.41) is 7.62. The fourth-order valence-electron chi connectivity index (χ4n) is 2.12. The summed E-state index contributed by atoms with van der Waals surface area (Å²) in [7, 11) is 1.71. The molecule has 0 bridgehead atoms. The van der Waals surface area contributed by atoms with Crippen molar-refractivity contribution in [2.24, 2.45) is 7.05 Å². The quantitative estimate of drug-likeness (QED) is 0.712. The average molecular weight is 350 g/mol. The summed E-state index contributed by atoms with van der Waals surface area (Å²) in [5.41, 5.74) is 1.08. The van der Waals surface area contributed by atoms with Crippen LogP contribution in [-0.4, -0.2) is 36.5 Å². The molecule has 0 radical (unpaired) electrons. The summed E-state index contributed by atoms with van der Waals surface area (Å²) < 4.78 is 3.83. The maximum absolute atomic E-state index is 12.3. The Bertz CT molecular complexity index is 942. The van der Waals surface area contributed by atoms with Gasteiger partial charge in [0, 0.05) is 7.05 Å². The average Bonchev–Trinajstić information content (AvgIpc) is 3.05. The van der Waals surface area contributed by atoms with Gasteiger partial charge in [-0.15, -0.1) is 11.8 Å². The first-order valence-corrected chi connectivity index (χ1v) is 8.72. The van der Waals surface area contributed by atoms with Crippen molar-refractivity contribution in [3.8, 4) is 0 Å². The molecule has 3 rings (SSSR count). The second-order valence-corrected chi connectivity index (χ2v) is 6.90. The fourth-order valence-corrected chi connectivity index (χ4v) is 3.75. The first kappa shape index (κ1) is 15.7. The van der Waals surface area contributed by atoms with Crippen LogP contribution >= 0.6 is 23.1 Å². The number of fused-ring (bicyclic) bond motifs is 1. The molecule has 8 nitrogen and oxygen atoms in total. The van der Waals surface area contributed by atoms with E-state index in [1.165, 1.54) is 33.1 Å². The smallest absolute Gasteiger partial charge is 0.264 e. The van der Waals surface area contributed by atoms with Crippen molar-refractivity contribution in [1.82, 2.24) is 24.3 Å². The van der Waals surface area contributed by atoms with Gasteiger partial charge in [-0.05, 0) is 13.2 Å². The number of amides is 1. The Morgan fingerprint density at radius 3 is 2.96 bits per heavy atom. The number of thiazole rings is 1. The number of nitrogens with zero attached hydrogens (tertiary/aromatic N) is 5. The number of thioether (sulfide) groups is 1. The lowest BCUT2D eigenvalue weighted by atomic mass is 10.4. The molecule has 0 unspecified atom stereocenters. The van der Waals surface area contributed by atoms with E-state index in [-0.39, 0.29) is 18.0 Å². The van der Waals surface area contributed by atoms with Crippen molar-refractivity contribution in [2.75, 3.05) is 11.6 Å². The van der Waals surface area contributed by atoms with Gasteiger partial charge in [0.05, 0.1) is 16.1 Å². The molecule has 0 aromatic carbocycles. The van der Waals surface area contributed by atoms with E-state index in [0.29, 0.717) is 16.2 Å². The van der Waals surface area contributed by atoms with Gasteiger partial charge in [-0.2, -0.15) is 5.10 Å². The van der Waals surface area contributed by atoms with Crippen molar-refractivity contribution >= 4 is 45.2 Å². The largest absolute Gasteiger partial charge is 0.300 e. The number of rotatable bonds is 4. The van der Waals surface area contributed by atoms with Crippen molar-refractivity contribution < 1.29 is 4.79 Å². The Balaban J connectivity index is 1.80. The predicted octanol–water partition coefficient (Wildman–Crippen LogP) is 1.26. The van der Waals surface area contributed by atoms with Crippen LogP contribution in [0.1, 0.15) is 5.69 Å². The van der Waals surface area contributed by atoms with Crippen LogP contribution in [0.15, 0.2) is 21.5 Å². The highest BCUT2D eigenvalue weighted by molar-refractivity contribution is 8.00. The van der Waals surface area contributed by atoms with Crippen molar-refractivity contribution in [3.63, 3.8) is 0 Å². The van der Waals surface area contributed by atoms with Gasteiger partial charge in [-0.3, -0.25) is 18.8 Å². The van der Waals surface area contributed by atoms with Gasteiger partial charge < -0.3 is 5.32 Å². The number of aryl methyl sites for hydroxylation is 2. The molecule has 0 spiro atoms. The molecule has 10 heteroatoms. The zero-order chi connectivity index (χ0) is 16.6. The molecule has 0 aliphatic rings. The molecule has 23 heavy (non-hydrogen) atoms. The molecule has 0 aliphatic heterocycles. The third-order valence-electron chi connectivity index (χ3n) is 3.22. The molecule has 0 saturated heterocycles. The van der Waals surface area contributed by atoms with Gasteiger partial charge in [-0.25, -0.2) is 9.97 Å². The topological polar surface area (TPSA) is 94.7 Å². The lowest BCUT2D eigenvalue weighted by molar-refractivity contribution is -0.116. The lowest BCUT2D eigenvalue weighted by Gasteiger charge is -2.05. The Hall–Kier alpha value is -2.20. The van der Waals surface area contributed by atoms with Crippen molar-refractivity contribution in [1.29, 1.82) is 0 Å². The number of anilines is 1. The fraction of sp³-hybridized carbons (Fsp3) is 0.308. The van der Waals surface area contributed by atoms with Crippen LogP contribution in [0, 0.1) is 6.92 Å². The third-order valence-corrected chi connectivity index (χ3v) is 5.50. The summed E-state index contributed by atoms with van der Waals surface area (Å²) in [5.74, 6) is -0.321. The first-order chi connectivity index (χ1) is 11.0. The number of hydrogen-bond donors (Lipinski definition) is 1. The number of carbonyl (C=O) groups is 1. The molecular weight excluding hydrogens is 336 g/mol. The molecule has 0 atom stereocenters. The summed E-state index contributed by atoms with van der Waals surface area (Å²) in [6.07, 6.45) is 4.76. The van der Waals surface area contributed by atoms with Gasteiger partial charge in [0.2, 0.25) is 5.91 Å². The molecule has 0 aliphatic carbocycles. The monoisotopic (exact) mass is 350 g/mol. The second kappa shape index (κ2) is 6.13. The SMILES string of the molecule is CSc1sc(NC(=O)Cn2cnc3c(cnn3C)c2=O)nc1C. The minimum Gasteiger partial charge on any atom is -0.300 e. The van der Waals surface area contributed by atoms with Crippen molar-refractivity contribution in [3.05, 3.63) is 28.6 Å². The first-order valence-electron chi connectivity index (χ1n) is 6.68. The molecule has 3 aromatic heterocycles. The highest BCUT2D eigenvalue weighted by atomic mass is 32.2. The van der Waals surface area contributed by atoms with E-state index in [1.807, 2.05) is 13.2 Å². The minimum atomic E-state index is -0.321. The lowest BCUT2D eigenvalue weighted by Crippen LogP contribution is -2.27. The van der Waals surface area contributed by atoms with Crippen LogP contribution in [0.25, 0.3) is 11.0 Å². The van der Waals surface area contributed by atoms with Crippen LogP contribution in [0.5, 0.6) is 0 Å². The molecule has 1 N–H and O–H groups in total. The Morgan fingerprint density at radius 2 is 2.26 bits per heavy atom. The zero-order valence-electron chi connectivity index (χ0n) is 12.7. The molecule has 3 heterocycles. The summed E-state index contributed by atoms with van der Waals surface area (Å²) >= 11 is 3.00. The molecule has 1 amide bonds. The molecular formula is C13H14N6O2S2. The van der Waals surface area contributed by atoms with Crippen LogP contribution < -0.4 is 10.9 Å². The van der Waals surface area contributed by atoms with Crippen LogP contribution in [0.2, 0.25) is 0 Å². The van der Waals surface area contributed by atoms with Crippen LogP contribution in [0.3, 0.4) is 0 Å². The summed E-state index contributed by atoms with van der Waals surface area (Å²) in [4.78, 5) is 32.9. The van der Waals surface area contributed by atoms with E-state index in [4.69, 9.17) is 0 Å².